The zero-order valence-corrected chi connectivity index (χ0v) is 14.2. The molecular weight excluding hydrogens is 292 g/mol. The number of nitrogens with zero attached hydrogens (tertiary/aromatic N) is 1. The second kappa shape index (κ2) is 8.11. The Morgan fingerprint density at radius 1 is 1.35 bits per heavy atom. The maximum absolute atomic E-state index is 12.2. The third kappa shape index (κ3) is 4.55. The molecule has 1 heterocycles. The van der Waals surface area contributed by atoms with Gasteiger partial charge in [0, 0.05) is 38.9 Å². The molecule has 1 saturated heterocycles. The average Bonchev–Trinajstić information content (AvgIpc) is 2.93. The van der Waals surface area contributed by atoms with Gasteiger partial charge in [0.15, 0.2) is 0 Å². The highest BCUT2D eigenvalue weighted by atomic mass is 16.5. The van der Waals surface area contributed by atoms with Gasteiger partial charge in [0.25, 0.3) is 0 Å². The highest BCUT2D eigenvalue weighted by molar-refractivity contribution is 6.00. The highest BCUT2D eigenvalue weighted by Gasteiger charge is 2.34. The molecule has 0 bridgehead atoms. The van der Waals surface area contributed by atoms with Crippen LogP contribution in [-0.4, -0.2) is 38.6 Å². The number of carbonyl (C=O) groups excluding carboxylic acids is 2. The van der Waals surface area contributed by atoms with Crippen molar-refractivity contribution in [1.82, 2.24) is 5.32 Å². The van der Waals surface area contributed by atoms with E-state index in [1.54, 1.807) is 12.0 Å². The molecule has 0 aromatic heterocycles. The first-order chi connectivity index (χ1) is 11.0. The molecule has 0 aliphatic carbocycles. The summed E-state index contributed by atoms with van der Waals surface area (Å²) in [7, 11) is 1.64. The zero-order chi connectivity index (χ0) is 16.8. The van der Waals surface area contributed by atoms with Gasteiger partial charge in [-0.1, -0.05) is 26.0 Å². The van der Waals surface area contributed by atoms with Crippen molar-refractivity contribution < 1.29 is 14.3 Å². The lowest BCUT2D eigenvalue weighted by Gasteiger charge is -2.17. The molecule has 0 radical (unpaired) electrons. The molecule has 1 aromatic carbocycles. The number of benzene rings is 1. The van der Waals surface area contributed by atoms with E-state index >= 15 is 0 Å². The largest absolute Gasteiger partial charge is 0.385 e. The Balaban J connectivity index is 1.92. The molecule has 1 atom stereocenters. The Labute approximate surface area is 138 Å². The first-order valence-corrected chi connectivity index (χ1v) is 8.20. The molecule has 1 aliphatic heterocycles. The number of methoxy groups -OCH3 is 1. The van der Waals surface area contributed by atoms with Crippen molar-refractivity contribution in [3.05, 3.63) is 29.8 Å². The van der Waals surface area contributed by atoms with Crippen LogP contribution in [0.25, 0.3) is 0 Å². The molecule has 2 amide bonds. The topological polar surface area (TPSA) is 58.6 Å². The number of ether oxygens (including phenoxy) is 1. The van der Waals surface area contributed by atoms with E-state index in [1.807, 2.05) is 24.3 Å². The van der Waals surface area contributed by atoms with Crippen LogP contribution in [0.2, 0.25) is 0 Å². The van der Waals surface area contributed by atoms with Crippen molar-refractivity contribution in [3.8, 4) is 0 Å². The quantitative estimate of drug-likeness (QED) is 0.785. The lowest BCUT2D eigenvalue weighted by Crippen LogP contribution is -2.33. The number of rotatable bonds is 7. The summed E-state index contributed by atoms with van der Waals surface area (Å²) in [5.74, 6) is 0.161. The monoisotopic (exact) mass is 318 g/mol. The summed E-state index contributed by atoms with van der Waals surface area (Å²) in [6.45, 7) is 5.94. The van der Waals surface area contributed by atoms with Crippen LogP contribution in [0.1, 0.15) is 38.2 Å². The maximum Gasteiger partial charge on any atom is 0.227 e. The molecule has 1 aromatic rings. The number of hydrogen-bond acceptors (Lipinski definition) is 3. The van der Waals surface area contributed by atoms with E-state index in [4.69, 9.17) is 4.74 Å². The standard InChI is InChI=1S/C18H26N2O3/c1-13(2)14-5-7-16(8-6-14)20-12-15(11-17(20)21)18(22)19-9-4-10-23-3/h5-8,13,15H,4,9-12H2,1-3H3,(H,19,22). The molecule has 23 heavy (non-hydrogen) atoms. The van der Waals surface area contributed by atoms with Gasteiger partial charge in [0.2, 0.25) is 11.8 Å². The molecule has 0 saturated carbocycles. The second-order valence-electron chi connectivity index (χ2n) is 6.29. The molecule has 2 rings (SSSR count). The number of carbonyl (C=O) groups is 2. The Kier molecular flexibility index (Phi) is 6.16. The van der Waals surface area contributed by atoms with Crippen molar-refractivity contribution >= 4 is 17.5 Å². The predicted molar refractivity (Wildman–Crippen MR) is 90.5 cm³/mol. The van der Waals surface area contributed by atoms with Gasteiger partial charge in [0.05, 0.1) is 5.92 Å². The summed E-state index contributed by atoms with van der Waals surface area (Å²) in [5.41, 5.74) is 2.11. The minimum atomic E-state index is -0.269. The highest BCUT2D eigenvalue weighted by Crippen LogP contribution is 2.26. The van der Waals surface area contributed by atoms with Crippen LogP contribution in [-0.2, 0) is 14.3 Å². The van der Waals surface area contributed by atoms with Crippen molar-refractivity contribution in [3.63, 3.8) is 0 Å². The molecule has 5 heteroatoms. The zero-order valence-electron chi connectivity index (χ0n) is 14.2. The molecule has 0 spiro atoms. The van der Waals surface area contributed by atoms with Crippen LogP contribution in [0.4, 0.5) is 5.69 Å². The van der Waals surface area contributed by atoms with Gasteiger partial charge >= 0.3 is 0 Å². The van der Waals surface area contributed by atoms with Crippen molar-refractivity contribution in [2.45, 2.75) is 32.6 Å². The van der Waals surface area contributed by atoms with Gasteiger partial charge in [0.1, 0.15) is 0 Å². The van der Waals surface area contributed by atoms with Gasteiger partial charge in [-0.05, 0) is 30.0 Å². The minimum Gasteiger partial charge on any atom is -0.385 e. The van der Waals surface area contributed by atoms with Gasteiger partial charge in [-0.3, -0.25) is 9.59 Å². The fourth-order valence-corrected chi connectivity index (χ4v) is 2.74. The molecule has 1 N–H and O–H groups in total. The molecule has 5 nitrogen and oxygen atoms in total. The lowest BCUT2D eigenvalue weighted by molar-refractivity contribution is -0.126. The number of amides is 2. The van der Waals surface area contributed by atoms with Crippen LogP contribution in [0.3, 0.4) is 0 Å². The minimum absolute atomic E-state index is 0.0133. The summed E-state index contributed by atoms with van der Waals surface area (Å²) >= 11 is 0. The first-order valence-electron chi connectivity index (χ1n) is 8.20. The Hall–Kier alpha value is -1.88. The van der Waals surface area contributed by atoms with Crippen molar-refractivity contribution in [2.75, 3.05) is 31.7 Å². The fraction of sp³-hybridized carbons (Fsp3) is 0.556. The van der Waals surface area contributed by atoms with Crippen molar-refractivity contribution in [2.24, 2.45) is 5.92 Å². The maximum atomic E-state index is 12.2. The van der Waals surface area contributed by atoms with E-state index < -0.39 is 0 Å². The average molecular weight is 318 g/mol. The SMILES string of the molecule is COCCCNC(=O)C1CC(=O)N(c2ccc(C(C)C)cc2)C1. The summed E-state index contributed by atoms with van der Waals surface area (Å²) in [6, 6.07) is 8.02. The Morgan fingerprint density at radius 2 is 2.04 bits per heavy atom. The smallest absolute Gasteiger partial charge is 0.227 e. The Bertz CT molecular complexity index is 540. The van der Waals surface area contributed by atoms with Gasteiger partial charge < -0.3 is 15.0 Å². The van der Waals surface area contributed by atoms with E-state index in [0.717, 1.165) is 12.1 Å². The van der Waals surface area contributed by atoms with E-state index in [1.165, 1.54) is 5.56 Å². The number of anilines is 1. The van der Waals surface area contributed by atoms with Crippen LogP contribution in [0, 0.1) is 5.92 Å². The van der Waals surface area contributed by atoms with Gasteiger partial charge in [-0.15, -0.1) is 0 Å². The molecular formula is C18H26N2O3. The van der Waals surface area contributed by atoms with Crippen molar-refractivity contribution in [1.29, 1.82) is 0 Å². The molecule has 1 unspecified atom stereocenters. The summed E-state index contributed by atoms with van der Waals surface area (Å²) < 4.78 is 4.95. The third-order valence-electron chi connectivity index (χ3n) is 4.19. The van der Waals surface area contributed by atoms with Crippen LogP contribution in [0.15, 0.2) is 24.3 Å². The molecule has 1 fully saturated rings. The summed E-state index contributed by atoms with van der Waals surface area (Å²) in [6.07, 6.45) is 1.06. The van der Waals surface area contributed by atoms with E-state index in [2.05, 4.69) is 19.2 Å². The van der Waals surface area contributed by atoms with Crippen LogP contribution < -0.4 is 10.2 Å². The predicted octanol–water partition coefficient (Wildman–Crippen LogP) is 2.32. The van der Waals surface area contributed by atoms with Gasteiger partial charge in [-0.25, -0.2) is 0 Å². The lowest BCUT2D eigenvalue weighted by atomic mass is 10.0. The Morgan fingerprint density at radius 3 is 2.65 bits per heavy atom. The van der Waals surface area contributed by atoms with Gasteiger partial charge in [-0.2, -0.15) is 0 Å². The van der Waals surface area contributed by atoms with E-state index in [0.29, 0.717) is 25.6 Å². The summed E-state index contributed by atoms with van der Waals surface area (Å²) in [4.78, 5) is 26.1. The molecule has 126 valence electrons. The van der Waals surface area contributed by atoms with Crippen LogP contribution >= 0.6 is 0 Å². The normalized spacial score (nSPS) is 17.8. The number of nitrogens with one attached hydrogen (secondary N) is 1. The van der Waals surface area contributed by atoms with E-state index in [9.17, 15) is 9.59 Å². The number of hydrogen-bond donors (Lipinski definition) is 1. The molecule has 1 aliphatic rings. The van der Waals surface area contributed by atoms with Crippen LogP contribution in [0.5, 0.6) is 0 Å². The first kappa shape index (κ1) is 17.5. The third-order valence-corrected chi connectivity index (χ3v) is 4.19. The van der Waals surface area contributed by atoms with E-state index in [-0.39, 0.29) is 24.2 Å². The summed E-state index contributed by atoms with van der Waals surface area (Å²) in [5, 5.41) is 2.88. The fourth-order valence-electron chi connectivity index (χ4n) is 2.74. The second-order valence-corrected chi connectivity index (χ2v) is 6.29.